The summed E-state index contributed by atoms with van der Waals surface area (Å²) < 4.78 is 0. The lowest BCUT2D eigenvalue weighted by Crippen LogP contribution is -2.18. The number of amides is 1. The van der Waals surface area contributed by atoms with E-state index in [1.807, 2.05) is 12.1 Å². The van der Waals surface area contributed by atoms with Gasteiger partial charge in [0, 0.05) is 28.4 Å². The van der Waals surface area contributed by atoms with Gasteiger partial charge < -0.3 is 11.1 Å². The summed E-state index contributed by atoms with van der Waals surface area (Å²) >= 11 is 1.75. The maximum atomic E-state index is 11.4. The maximum absolute atomic E-state index is 11.4. The Hall–Kier alpha value is -1.16. The molecule has 1 atom stereocenters. The number of nitrogen functional groups attached to an aromatic ring is 1. The molecule has 0 bridgehead atoms. The van der Waals surface area contributed by atoms with E-state index in [-0.39, 0.29) is 5.91 Å². The predicted molar refractivity (Wildman–Crippen MR) is 74.4 cm³/mol. The van der Waals surface area contributed by atoms with Gasteiger partial charge in [-0.05, 0) is 24.1 Å². The Kier molecular flexibility index (Phi) is 4.87. The van der Waals surface area contributed by atoms with Crippen LogP contribution in [-0.4, -0.2) is 18.2 Å². The summed E-state index contributed by atoms with van der Waals surface area (Å²) in [6.45, 7) is 6.56. The first-order valence-electron chi connectivity index (χ1n) is 5.74. The normalized spacial score (nSPS) is 12.5. The van der Waals surface area contributed by atoms with Gasteiger partial charge in [-0.3, -0.25) is 4.79 Å². The van der Waals surface area contributed by atoms with Crippen LogP contribution >= 0.6 is 11.8 Å². The number of nitrogens with two attached hydrogens (primary N) is 1. The molecular formula is C13H20N2OS. The summed E-state index contributed by atoms with van der Waals surface area (Å²) in [4.78, 5) is 12.5. The molecule has 1 aromatic carbocycles. The van der Waals surface area contributed by atoms with Gasteiger partial charge >= 0.3 is 0 Å². The van der Waals surface area contributed by atoms with Crippen LogP contribution < -0.4 is 11.1 Å². The van der Waals surface area contributed by atoms with Gasteiger partial charge in [-0.2, -0.15) is 0 Å². The van der Waals surface area contributed by atoms with Crippen molar-refractivity contribution < 1.29 is 4.79 Å². The molecular weight excluding hydrogens is 232 g/mol. The van der Waals surface area contributed by atoms with Crippen molar-refractivity contribution in [1.82, 2.24) is 5.32 Å². The van der Waals surface area contributed by atoms with E-state index >= 15 is 0 Å². The van der Waals surface area contributed by atoms with Gasteiger partial charge in [0.25, 0.3) is 5.91 Å². The van der Waals surface area contributed by atoms with Gasteiger partial charge in [-0.15, -0.1) is 11.8 Å². The molecule has 0 aliphatic heterocycles. The van der Waals surface area contributed by atoms with Crippen molar-refractivity contribution in [2.45, 2.75) is 30.9 Å². The molecule has 4 heteroatoms. The Morgan fingerprint density at radius 1 is 1.35 bits per heavy atom. The summed E-state index contributed by atoms with van der Waals surface area (Å²) in [5.74, 6) is 0.489. The summed E-state index contributed by atoms with van der Waals surface area (Å²) in [6.07, 6.45) is 0. The van der Waals surface area contributed by atoms with Gasteiger partial charge in [0.15, 0.2) is 0 Å². The molecule has 0 heterocycles. The summed E-state index contributed by atoms with van der Waals surface area (Å²) in [7, 11) is 1.61. The average Bonchev–Trinajstić information content (AvgIpc) is 2.30. The van der Waals surface area contributed by atoms with Crippen LogP contribution in [0.4, 0.5) is 5.69 Å². The molecule has 3 nitrogen and oxygen atoms in total. The molecule has 1 aromatic rings. The second kappa shape index (κ2) is 5.96. The van der Waals surface area contributed by atoms with Crippen LogP contribution in [0.2, 0.25) is 0 Å². The summed E-state index contributed by atoms with van der Waals surface area (Å²) in [6, 6.07) is 5.46. The first-order valence-corrected chi connectivity index (χ1v) is 6.62. The van der Waals surface area contributed by atoms with Crippen LogP contribution in [-0.2, 0) is 0 Å². The molecule has 0 radical (unpaired) electrons. The van der Waals surface area contributed by atoms with Gasteiger partial charge in [0.2, 0.25) is 0 Å². The van der Waals surface area contributed by atoms with E-state index in [0.29, 0.717) is 22.4 Å². The SMILES string of the molecule is CNC(=O)c1ccc(SC(C)C(C)C)c(N)c1. The van der Waals surface area contributed by atoms with Crippen LogP contribution in [0.1, 0.15) is 31.1 Å². The highest BCUT2D eigenvalue weighted by Crippen LogP contribution is 2.32. The summed E-state index contributed by atoms with van der Waals surface area (Å²) in [5, 5.41) is 3.09. The quantitative estimate of drug-likeness (QED) is 0.640. The minimum atomic E-state index is -0.106. The molecule has 0 aliphatic carbocycles. The van der Waals surface area contributed by atoms with Crippen LogP contribution in [0, 0.1) is 5.92 Å². The minimum absolute atomic E-state index is 0.106. The summed E-state index contributed by atoms with van der Waals surface area (Å²) in [5.41, 5.74) is 7.23. The van der Waals surface area contributed by atoms with Gasteiger partial charge in [0.1, 0.15) is 0 Å². The van der Waals surface area contributed by atoms with Gasteiger partial charge in [0.05, 0.1) is 0 Å². The van der Waals surface area contributed by atoms with E-state index in [0.717, 1.165) is 4.90 Å². The molecule has 94 valence electrons. The van der Waals surface area contributed by atoms with Crippen LogP contribution in [0.25, 0.3) is 0 Å². The van der Waals surface area contributed by atoms with Crippen molar-refractivity contribution in [3.05, 3.63) is 23.8 Å². The largest absolute Gasteiger partial charge is 0.398 e. The minimum Gasteiger partial charge on any atom is -0.398 e. The zero-order valence-corrected chi connectivity index (χ0v) is 11.6. The molecule has 1 amide bonds. The highest BCUT2D eigenvalue weighted by atomic mass is 32.2. The zero-order chi connectivity index (χ0) is 13.0. The van der Waals surface area contributed by atoms with Crippen molar-refractivity contribution in [2.75, 3.05) is 12.8 Å². The third-order valence-corrected chi connectivity index (χ3v) is 4.29. The predicted octanol–water partition coefficient (Wildman–Crippen LogP) is 2.77. The zero-order valence-electron chi connectivity index (χ0n) is 10.8. The van der Waals surface area contributed by atoms with E-state index in [1.54, 1.807) is 24.9 Å². The average molecular weight is 252 g/mol. The Bertz CT molecular complexity index is 404. The Morgan fingerprint density at radius 3 is 2.47 bits per heavy atom. The highest BCUT2D eigenvalue weighted by molar-refractivity contribution is 8.00. The number of benzene rings is 1. The Balaban J connectivity index is 2.87. The van der Waals surface area contributed by atoms with Gasteiger partial charge in [-0.1, -0.05) is 20.8 Å². The lowest BCUT2D eigenvalue weighted by atomic mass is 10.1. The number of carbonyl (C=O) groups excluding carboxylic acids is 1. The molecule has 3 N–H and O–H groups in total. The fourth-order valence-electron chi connectivity index (χ4n) is 1.28. The smallest absolute Gasteiger partial charge is 0.251 e. The van der Waals surface area contributed by atoms with Crippen LogP contribution in [0.5, 0.6) is 0 Å². The van der Waals surface area contributed by atoms with Gasteiger partial charge in [-0.25, -0.2) is 0 Å². The van der Waals surface area contributed by atoms with Crippen LogP contribution in [0.15, 0.2) is 23.1 Å². The molecule has 0 aliphatic rings. The maximum Gasteiger partial charge on any atom is 0.251 e. The van der Waals surface area contributed by atoms with E-state index in [1.165, 1.54) is 0 Å². The third kappa shape index (κ3) is 3.66. The van der Waals surface area contributed by atoms with Crippen molar-refractivity contribution in [2.24, 2.45) is 5.92 Å². The molecule has 0 spiro atoms. The Morgan fingerprint density at radius 2 is 2.00 bits per heavy atom. The number of thioether (sulfide) groups is 1. The number of nitrogens with one attached hydrogen (secondary N) is 1. The Labute approximate surface area is 107 Å². The first-order chi connectivity index (χ1) is 7.95. The lowest BCUT2D eigenvalue weighted by Gasteiger charge is -2.16. The molecule has 1 unspecified atom stereocenters. The molecule has 0 aromatic heterocycles. The molecule has 17 heavy (non-hydrogen) atoms. The molecule has 0 saturated heterocycles. The number of anilines is 1. The van der Waals surface area contributed by atoms with Crippen molar-refractivity contribution >= 4 is 23.4 Å². The molecule has 0 saturated carbocycles. The van der Waals surface area contributed by atoms with Crippen LogP contribution in [0.3, 0.4) is 0 Å². The monoisotopic (exact) mass is 252 g/mol. The lowest BCUT2D eigenvalue weighted by molar-refractivity contribution is 0.0963. The number of hydrogen-bond acceptors (Lipinski definition) is 3. The topological polar surface area (TPSA) is 55.1 Å². The van der Waals surface area contributed by atoms with E-state index in [2.05, 4.69) is 26.1 Å². The highest BCUT2D eigenvalue weighted by Gasteiger charge is 2.12. The number of rotatable bonds is 4. The third-order valence-electron chi connectivity index (χ3n) is 2.75. The fourth-order valence-corrected chi connectivity index (χ4v) is 2.29. The molecule has 1 rings (SSSR count). The first kappa shape index (κ1) is 13.9. The number of carbonyl (C=O) groups is 1. The van der Waals surface area contributed by atoms with E-state index in [4.69, 9.17) is 5.73 Å². The standard InChI is InChI=1S/C13H20N2OS/c1-8(2)9(3)17-12-6-5-10(7-11(12)14)13(16)15-4/h5-9H,14H2,1-4H3,(H,15,16). The second-order valence-electron chi connectivity index (χ2n) is 4.40. The van der Waals surface area contributed by atoms with Crippen molar-refractivity contribution in [1.29, 1.82) is 0 Å². The fraction of sp³-hybridized carbons (Fsp3) is 0.462. The van der Waals surface area contributed by atoms with E-state index in [9.17, 15) is 4.79 Å². The van der Waals surface area contributed by atoms with E-state index < -0.39 is 0 Å². The van der Waals surface area contributed by atoms with Crippen molar-refractivity contribution in [3.63, 3.8) is 0 Å². The molecule has 0 fully saturated rings. The number of hydrogen-bond donors (Lipinski definition) is 2. The second-order valence-corrected chi connectivity index (χ2v) is 5.82. The van der Waals surface area contributed by atoms with Crippen molar-refractivity contribution in [3.8, 4) is 0 Å².